The molecule has 0 saturated carbocycles. The standard InChI is InChI=1S/C15H23BrN2/c1-13(14-5-7-15(16)8-6-14)17-9-4-12-18-10-2-3-11-18/h5-8,13,17H,2-4,9-12H2,1H3/t13-/m0/s1. The van der Waals surface area contributed by atoms with E-state index in [9.17, 15) is 0 Å². The minimum absolute atomic E-state index is 0.441. The predicted octanol–water partition coefficient (Wildman–Crippen LogP) is 3.59. The maximum Gasteiger partial charge on any atom is 0.0291 e. The molecule has 1 aromatic rings. The van der Waals surface area contributed by atoms with E-state index in [1.807, 2.05) is 0 Å². The molecule has 1 aliphatic rings. The monoisotopic (exact) mass is 310 g/mol. The third kappa shape index (κ3) is 4.38. The molecule has 0 aliphatic carbocycles. The van der Waals surface area contributed by atoms with Gasteiger partial charge in [-0.1, -0.05) is 28.1 Å². The van der Waals surface area contributed by atoms with Crippen LogP contribution in [-0.2, 0) is 0 Å². The third-order valence-corrected chi connectivity index (χ3v) is 4.20. The number of hydrogen-bond donors (Lipinski definition) is 1. The van der Waals surface area contributed by atoms with Crippen molar-refractivity contribution in [2.24, 2.45) is 0 Å². The Kier molecular flexibility index (Phi) is 5.67. The van der Waals surface area contributed by atoms with E-state index in [4.69, 9.17) is 0 Å². The van der Waals surface area contributed by atoms with Crippen molar-refractivity contribution < 1.29 is 0 Å². The molecular weight excluding hydrogens is 288 g/mol. The van der Waals surface area contributed by atoms with Crippen LogP contribution in [0.2, 0.25) is 0 Å². The molecule has 0 amide bonds. The van der Waals surface area contributed by atoms with Gasteiger partial charge in [0.05, 0.1) is 0 Å². The minimum Gasteiger partial charge on any atom is -0.310 e. The number of rotatable bonds is 6. The van der Waals surface area contributed by atoms with Crippen molar-refractivity contribution in [2.75, 3.05) is 26.2 Å². The quantitative estimate of drug-likeness (QED) is 0.808. The molecule has 0 spiro atoms. The molecule has 1 N–H and O–H groups in total. The van der Waals surface area contributed by atoms with Crippen LogP contribution in [0.3, 0.4) is 0 Å². The highest BCUT2D eigenvalue weighted by molar-refractivity contribution is 9.10. The summed E-state index contributed by atoms with van der Waals surface area (Å²) in [4.78, 5) is 2.58. The van der Waals surface area contributed by atoms with Crippen LogP contribution in [0.4, 0.5) is 0 Å². The van der Waals surface area contributed by atoms with Crippen molar-refractivity contribution in [3.05, 3.63) is 34.3 Å². The first-order valence-corrected chi connectivity index (χ1v) is 7.76. The van der Waals surface area contributed by atoms with E-state index < -0.39 is 0 Å². The van der Waals surface area contributed by atoms with Crippen LogP contribution in [0.15, 0.2) is 28.7 Å². The summed E-state index contributed by atoms with van der Waals surface area (Å²) in [5.41, 5.74) is 1.36. The lowest BCUT2D eigenvalue weighted by Crippen LogP contribution is -2.26. The Hall–Kier alpha value is -0.380. The Morgan fingerprint density at radius 1 is 1.22 bits per heavy atom. The van der Waals surface area contributed by atoms with E-state index in [-0.39, 0.29) is 0 Å². The number of likely N-dealkylation sites (tertiary alicyclic amines) is 1. The molecule has 2 nitrogen and oxygen atoms in total. The zero-order valence-electron chi connectivity index (χ0n) is 11.2. The zero-order valence-corrected chi connectivity index (χ0v) is 12.7. The zero-order chi connectivity index (χ0) is 12.8. The van der Waals surface area contributed by atoms with Crippen molar-refractivity contribution in [3.63, 3.8) is 0 Å². The minimum atomic E-state index is 0.441. The van der Waals surface area contributed by atoms with E-state index in [1.54, 1.807) is 0 Å². The van der Waals surface area contributed by atoms with Gasteiger partial charge in [0, 0.05) is 10.5 Å². The maximum atomic E-state index is 3.60. The number of hydrogen-bond acceptors (Lipinski definition) is 2. The fourth-order valence-corrected chi connectivity index (χ4v) is 2.76. The molecule has 0 bridgehead atoms. The Morgan fingerprint density at radius 2 is 1.89 bits per heavy atom. The second-order valence-corrected chi connectivity index (χ2v) is 6.05. The summed E-state index contributed by atoms with van der Waals surface area (Å²) in [7, 11) is 0. The average Bonchev–Trinajstić information content (AvgIpc) is 2.88. The summed E-state index contributed by atoms with van der Waals surface area (Å²) in [5, 5.41) is 3.60. The SMILES string of the molecule is C[C@H](NCCCN1CCCC1)c1ccc(Br)cc1. The normalized spacial score (nSPS) is 18.1. The van der Waals surface area contributed by atoms with E-state index in [2.05, 4.69) is 57.3 Å². The molecule has 0 unspecified atom stereocenters. The van der Waals surface area contributed by atoms with Crippen LogP contribution in [0.5, 0.6) is 0 Å². The van der Waals surface area contributed by atoms with Crippen LogP contribution < -0.4 is 5.32 Å². The molecule has 1 aliphatic heterocycles. The van der Waals surface area contributed by atoms with Crippen molar-refractivity contribution in [1.29, 1.82) is 0 Å². The Labute approximate surface area is 119 Å². The van der Waals surface area contributed by atoms with Gasteiger partial charge in [-0.05, 0) is 70.1 Å². The lowest BCUT2D eigenvalue weighted by molar-refractivity contribution is 0.328. The average molecular weight is 311 g/mol. The van der Waals surface area contributed by atoms with Gasteiger partial charge in [0.2, 0.25) is 0 Å². The molecular formula is C15H23BrN2. The molecule has 1 aromatic carbocycles. The first kappa shape index (κ1) is 14.0. The Balaban J connectivity index is 1.64. The molecule has 18 heavy (non-hydrogen) atoms. The Bertz CT molecular complexity index is 344. The van der Waals surface area contributed by atoms with Gasteiger partial charge >= 0.3 is 0 Å². The molecule has 1 saturated heterocycles. The summed E-state index contributed by atoms with van der Waals surface area (Å²) in [5.74, 6) is 0. The van der Waals surface area contributed by atoms with Gasteiger partial charge in [-0.2, -0.15) is 0 Å². The summed E-state index contributed by atoms with van der Waals surface area (Å²) in [6, 6.07) is 9.02. The molecule has 2 rings (SSSR count). The van der Waals surface area contributed by atoms with Gasteiger partial charge in [0.1, 0.15) is 0 Å². The van der Waals surface area contributed by atoms with Gasteiger partial charge < -0.3 is 10.2 Å². The molecule has 1 heterocycles. The number of benzene rings is 1. The van der Waals surface area contributed by atoms with E-state index in [0.29, 0.717) is 6.04 Å². The van der Waals surface area contributed by atoms with E-state index >= 15 is 0 Å². The van der Waals surface area contributed by atoms with Gasteiger partial charge in [0.15, 0.2) is 0 Å². The fourth-order valence-electron chi connectivity index (χ4n) is 2.50. The van der Waals surface area contributed by atoms with Crippen LogP contribution in [0, 0.1) is 0 Å². The van der Waals surface area contributed by atoms with Crippen molar-refractivity contribution in [2.45, 2.75) is 32.2 Å². The van der Waals surface area contributed by atoms with Crippen molar-refractivity contribution in [1.82, 2.24) is 10.2 Å². The van der Waals surface area contributed by atoms with Crippen LogP contribution >= 0.6 is 15.9 Å². The predicted molar refractivity (Wildman–Crippen MR) is 80.9 cm³/mol. The smallest absolute Gasteiger partial charge is 0.0291 e. The molecule has 0 aromatic heterocycles. The van der Waals surface area contributed by atoms with Crippen LogP contribution in [-0.4, -0.2) is 31.1 Å². The molecule has 0 radical (unpaired) electrons. The van der Waals surface area contributed by atoms with Gasteiger partial charge in [-0.3, -0.25) is 0 Å². The second kappa shape index (κ2) is 7.27. The third-order valence-electron chi connectivity index (χ3n) is 3.67. The Morgan fingerprint density at radius 3 is 2.56 bits per heavy atom. The highest BCUT2D eigenvalue weighted by Crippen LogP contribution is 2.16. The highest BCUT2D eigenvalue weighted by atomic mass is 79.9. The van der Waals surface area contributed by atoms with E-state index in [0.717, 1.165) is 11.0 Å². The van der Waals surface area contributed by atoms with Gasteiger partial charge in [-0.25, -0.2) is 0 Å². The summed E-state index contributed by atoms with van der Waals surface area (Å²) >= 11 is 3.47. The highest BCUT2D eigenvalue weighted by Gasteiger charge is 2.10. The van der Waals surface area contributed by atoms with Gasteiger partial charge in [-0.15, -0.1) is 0 Å². The van der Waals surface area contributed by atoms with Gasteiger partial charge in [0.25, 0.3) is 0 Å². The lowest BCUT2D eigenvalue weighted by Gasteiger charge is -2.17. The van der Waals surface area contributed by atoms with Crippen molar-refractivity contribution in [3.8, 4) is 0 Å². The van der Waals surface area contributed by atoms with Crippen molar-refractivity contribution >= 4 is 15.9 Å². The summed E-state index contributed by atoms with van der Waals surface area (Å²) in [6.07, 6.45) is 4.03. The fraction of sp³-hybridized carbons (Fsp3) is 0.600. The first-order chi connectivity index (χ1) is 8.75. The van der Waals surface area contributed by atoms with Crippen LogP contribution in [0.25, 0.3) is 0 Å². The topological polar surface area (TPSA) is 15.3 Å². The number of halogens is 1. The van der Waals surface area contributed by atoms with E-state index in [1.165, 1.54) is 44.5 Å². The molecule has 1 atom stereocenters. The number of nitrogens with zero attached hydrogens (tertiary/aromatic N) is 1. The second-order valence-electron chi connectivity index (χ2n) is 5.13. The summed E-state index contributed by atoms with van der Waals surface area (Å²) < 4.78 is 1.15. The molecule has 3 heteroatoms. The first-order valence-electron chi connectivity index (χ1n) is 6.97. The van der Waals surface area contributed by atoms with Crippen LogP contribution in [0.1, 0.15) is 37.8 Å². The maximum absolute atomic E-state index is 3.60. The lowest BCUT2D eigenvalue weighted by atomic mass is 10.1. The summed E-state index contributed by atoms with van der Waals surface area (Å²) in [6.45, 7) is 7.21. The molecule has 100 valence electrons. The molecule has 1 fully saturated rings. The largest absolute Gasteiger partial charge is 0.310 e. The number of nitrogens with one attached hydrogen (secondary N) is 1.